The molecule has 0 rings (SSSR count). The van der Waals surface area contributed by atoms with Gasteiger partial charge in [0.05, 0.1) is 7.05 Å². The first-order valence-corrected chi connectivity index (χ1v) is 2.64. The number of aliphatic hydroxyl groups is 1. The Bertz CT molecular complexity index is 111. The van der Waals surface area contributed by atoms with E-state index in [1.54, 1.807) is 0 Å². The molecular formula is C5H11NO3. The van der Waals surface area contributed by atoms with Gasteiger partial charge in [-0.1, -0.05) is 0 Å². The van der Waals surface area contributed by atoms with E-state index >= 15 is 0 Å². The number of carbonyl (C=O) groups excluding carboxylic acids is 1. The van der Waals surface area contributed by atoms with Gasteiger partial charge in [0.1, 0.15) is 6.54 Å². The molecule has 0 bridgehead atoms. The van der Waals surface area contributed by atoms with Gasteiger partial charge in [0.25, 0.3) is 0 Å². The first kappa shape index (κ1) is 8.55. The van der Waals surface area contributed by atoms with Crippen molar-refractivity contribution in [3.63, 3.8) is 0 Å². The van der Waals surface area contributed by atoms with Gasteiger partial charge in [-0.05, 0) is 0 Å². The fraction of sp³-hybridized carbons (Fsp3) is 0.800. The Morgan fingerprint density at radius 1 is 1.78 bits per heavy atom. The van der Waals surface area contributed by atoms with Crippen molar-refractivity contribution in [1.29, 1.82) is 0 Å². The summed E-state index contributed by atoms with van der Waals surface area (Å²) in [5.74, 6) is -0.207. The van der Waals surface area contributed by atoms with Crippen molar-refractivity contribution in [1.82, 2.24) is 0 Å². The molecule has 0 spiro atoms. The second kappa shape index (κ2) is 2.91. The predicted molar refractivity (Wildman–Crippen MR) is 32.2 cm³/mol. The lowest BCUT2D eigenvalue weighted by molar-refractivity contribution is -0.872. The highest BCUT2D eigenvalue weighted by atomic mass is 16.6. The van der Waals surface area contributed by atoms with Crippen LogP contribution in [0.15, 0.2) is 0 Å². The molecule has 0 aromatic carbocycles. The van der Waals surface area contributed by atoms with Crippen LogP contribution in [0.4, 0.5) is 0 Å². The zero-order chi connectivity index (χ0) is 7.49. The molecule has 9 heavy (non-hydrogen) atoms. The second-order valence-electron chi connectivity index (χ2n) is 2.30. The van der Waals surface area contributed by atoms with E-state index in [4.69, 9.17) is 5.11 Å². The summed E-state index contributed by atoms with van der Waals surface area (Å²) >= 11 is 0. The van der Waals surface area contributed by atoms with Crippen LogP contribution in [-0.2, 0) is 4.79 Å². The van der Waals surface area contributed by atoms with E-state index in [2.05, 4.69) is 0 Å². The average molecular weight is 133 g/mol. The van der Waals surface area contributed by atoms with E-state index in [0.717, 1.165) is 0 Å². The van der Waals surface area contributed by atoms with Crippen LogP contribution in [0.25, 0.3) is 0 Å². The van der Waals surface area contributed by atoms with Gasteiger partial charge in [0, 0.05) is 6.92 Å². The number of quaternary nitrogens is 1. The summed E-state index contributed by atoms with van der Waals surface area (Å²) in [6, 6.07) is 0. The lowest BCUT2D eigenvalue weighted by atomic mass is 10.4. The summed E-state index contributed by atoms with van der Waals surface area (Å²) in [6.45, 7) is 0.625. The van der Waals surface area contributed by atoms with Gasteiger partial charge in [-0.25, -0.2) is 0 Å². The Hall–Kier alpha value is -0.450. The number of nitrogens with zero attached hydrogens (tertiary/aromatic N) is 1. The third-order valence-electron chi connectivity index (χ3n) is 0.856. The number of carbonyl (C=O) groups is 1. The fourth-order valence-corrected chi connectivity index (χ4v) is 0.521. The van der Waals surface area contributed by atoms with Crippen molar-refractivity contribution in [2.24, 2.45) is 0 Å². The zero-order valence-electron chi connectivity index (χ0n) is 5.63. The number of hydroxylamine groups is 3. The highest BCUT2D eigenvalue weighted by Gasteiger charge is 2.09. The highest BCUT2D eigenvalue weighted by molar-refractivity contribution is 5.76. The second-order valence-corrected chi connectivity index (χ2v) is 2.30. The standard InChI is InChI=1S/C5H11NO3/c1-5(8)3-6(2,9)4-7/h7H,3-4H2,1-2H3. The molecular weight excluding hydrogens is 122 g/mol. The van der Waals surface area contributed by atoms with Gasteiger partial charge in [-0.2, -0.15) is 0 Å². The number of Topliss-reactive ketones (excluding diaryl/α,β-unsaturated/α-hetero) is 1. The van der Waals surface area contributed by atoms with E-state index in [1.165, 1.54) is 14.0 Å². The van der Waals surface area contributed by atoms with Crippen LogP contribution >= 0.6 is 0 Å². The van der Waals surface area contributed by atoms with Crippen LogP contribution in [0.3, 0.4) is 0 Å². The summed E-state index contributed by atoms with van der Waals surface area (Å²) < 4.78 is -0.894. The van der Waals surface area contributed by atoms with Crippen LogP contribution in [0.1, 0.15) is 6.92 Å². The third-order valence-corrected chi connectivity index (χ3v) is 0.856. The molecule has 1 unspecified atom stereocenters. The summed E-state index contributed by atoms with van der Waals surface area (Å²) in [6.07, 6.45) is 0. The molecule has 0 aromatic heterocycles. The number of likely N-dealkylation sites (N-methyl/N-ethyl adjacent to an activating group) is 1. The van der Waals surface area contributed by atoms with Gasteiger partial charge in [-0.3, -0.25) is 4.79 Å². The first-order chi connectivity index (χ1) is 3.98. The molecule has 0 heterocycles. The molecule has 0 fully saturated rings. The van der Waals surface area contributed by atoms with Crippen LogP contribution in [0.2, 0.25) is 0 Å². The van der Waals surface area contributed by atoms with E-state index < -0.39 is 11.4 Å². The van der Waals surface area contributed by atoms with Gasteiger partial charge in [0.15, 0.2) is 12.5 Å². The maximum absolute atomic E-state index is 10.7. The molecule has 54 valence electrons. The highest BCUT2D eigenvalue weighted by Crippen LogP contribution is 1.94. The molecule has 0 aliphatic carbocycles. The molecule has 0 aromatic rings. The molecule has 0 aliphatic rings. The number of rotatable bonds is 3. The molecule has 4 heteroatoms. The van der Waals surface area contributed by atoms with Crippen molar-refractivity contribution in [3.05, 3.63) is 5.21 Å². The number of aliphatic hydroxyl groups excluding tert-OH is 1. The van der Waals surface area contributed by atoms with Crippen molar-refractivity contribution in [2.75, 3.05) is 20.3 Å². The molecule has 0 saturated heterocycles. The molecule has 0 saturated carbocycles. The SMILES string of the molecule is CC(=O)C[N+](C)([O-])CO. The van der Waals surface area contributed by atoms with Crippen molar-refractivity contribution in [2.45, 2.75) is 6.92 Å². The van der Waals surface area contributed by atoms with Gasteiger partial charge in [0.2, 0.25) is 0 Å². The summed E-state index contributed by atoms with van der Waals surface area (Å²) in [4.78, 5) is 10.3. The number of hydrogen-bond acceptors (Lipinski definition) is 3. The topological polar surface area (TPSA) is 60.4 Å². The zero-order valence-corrected chi connectivity index (χ0v) is 5.63. The van der Waals surface area contributed by atoms with E-state index in [1.807, 2.05) is 0 Å². The lowest BCUT2D eigenvalue weighted by Crippen LogP contribution is -2.41. The Morgan fingerprint density at radius 2 is 2.22 bits per heavy atom. The lowest BCUT2D eigenvalue weighted by Gasteiger charge is -2.34. The average Bonchev–Trinajstić information content (AvgIpc) is 1.63. The maximum atomic E-state index is 10.7. The normalized spacial score (nSPS) is 16.9. The van der Waals surface area contributed by atoms with Gasteiger partial charge < -0.3 is 15.0 Å². The smallest absolute Gasteiger partial charge is 0.184 e. The van der Waals surface area contributed by atoms with E-state index in [-0.39, 0.29) is 12.3 Å². The predicted octanol–water partition coefficient (Wildman–Crippen LogP) is -0.530. The van der Waals surface area contributed by atoms with Crippen LogP contribution in [0.5, 0.6) is 0 Å². The van der Waals surface area contributed by atoms with Crippen molar-refractivity contribution < 1.29 is 14.5 Å². The maximum Gasteiger partial charge on any atom is 0.184 e. The molecule has 0 radical (unpaired) electrons. The minimum Gasteiger partial charge on any atom is -0.631 e. The van der Waals surface area contributed by atoms with Gasteiger partial charge >= 0.3 is 0 Å². The van der Waals surface area contributed by atoms with E-state index in [9.17, 15) is 10.0 Å². The largest absolute Gasteiger partial charge is 0.631 e. The van der Waals surface area contributed by atoms with Gasteiger partial charge in [-0.15, -0.1) is 0 Å². The van der Waals surface area contributed by atoms with Crippen molar-refractivity contribution >= 4 is 5.78 Å². The Kier molecular flexibility index (Phi) is 2.76. The summed E-state index contributed by atoms with van der Waals surface area (Å²) in [7, 11) is 1.25. The number of ketones is 1. The summed E-state index contributed by atoms with van der Waals surface area (Å²) in [5, 5.41) is 19.1. The Labute approximate surface area is 53.9 Å². The Balaban J connectivity index is 3.71. The third kappa shape index (κ3) is 4.08. The van der Waals surface area contributed by atoms with Crippen molar-refractivity contribution in [3.8, 4) is 0 Å². The molecule has 0 amide bonds. The first-order valence-electron chi connectivity index (χ1n) is 2.64. The van der Waals surface area contributed by atoms with Crippen LogP contribution in [-0.4, -0.2) is 35.9 Å². The van der Waals surface area contributed by atoms with E-state index in [0.29, 0.717) is 0 Å². The quantitative estimate of drug-likeness (QED) is 0.320. The Morgan fingerprint density at radius 3 is 2.33 bits per heavy atom. The molecule has 1 atom stereocenters. The fourth-order valence-electron chi connectivity index (χ4n) is 0.521. The summed E-state index contributed by atoms with van der Waals surface area (Å²) in [5.41, 5.74) is 0. The van der Waals surface area contributed by atoms with Crippen LogP contribution < -0.4 is 0 Å². The monoisotopic (exact) mass is 133 g/mol. The molecule has 1 N–H and O–H groups in total. The molecule has 4 nitrogen and oxygen atoms in total. The number of hydrogen-bond donors (Lipinski definition) is 1. The minimum absolute atomic E-state index is 0.156. The van der Waals surface area contributed by atoms with Crippen LogP contribution in [0, 0.1) is 5.21 Å². The molecule has 0 aliphatic heterocycles. The minimum atomic E-state index is -0.894.